The smallest absolute Gasteiger partial charge is 0.271 e. The summed E-state index contributed by atoms with van der Waals surface area (Å²) in [7, 11) is 18.5. The topological polar surface area (TPSA) is 278 Å². The molecule has 0 aromatic heterocycles. The fourth-order valence-electron chi connectivity index (χ4n) is 11.5. The molecule has 12 atom stereocenters. The molecule has 1 spiro atoms. The zero-order valence-corrected chi connectivity index (χ0v) is 60.2. The third-order valence-electron chi connectivity index (χ3n) is 17.8. The molecule has 0 aromatic carbocycles. The Morgan fingerprint density at radius 2 is 0.906 bits per heavy atom. The minimum absolute atomic E-state index is 0.00736. The first-order valence-electron chi connectivity index (χ1n) is 34.6. The molecule has 2 saturated carbocycles. The number of methoxy groups -OCH3 is 11. The van der Waals surface area contributed by atoms with Gasteiger partial charge in [-0.25, -0.2) is 0 Å². The van der Waals surface area contributed by atoms with Crippen LogP contribution in [-0.4, -0.2) is 323 Å². The van der Waals surface area contributed by atoms with Crippen LogP contribution in [0.4, 0.5) is 0 Å². The van der Waals surface area contributed by atoms with Crippen molar-refractivity contribution < 1.29 is 137 Å². The van der Waals surface area contributed by atoms with Crippen LogP contribution >= 0.6 is 0 Å². The van der Waals surface area contributed by atoms with E-state index in [-0.39, 0.29) is 30.4 Å². The van der Waals surface area contributed by atoms with Gasteiger partial charge in [-0.3, -0.25) is 0 Å². The first-order valence-corrected chi connectivity index (χ1v) is 34.6. The highest BCUT2D eigenvalue weighted by Gasteiger charge is 2.44. The van der Waals surface area contributed by atoms with Gasteiger partial charge in [0.05, 0.1) is 153 Å². The van der Waals surface area contributed by atoms with E-state index in [1.807, 2.05) is 0 Å². The van der Waals surface area contributed by atoms with E-state index < -0.39 is 13.0 Å². The Morgan fingerprint density at radius 1 is 0.333 bits per heavy atom. The molecule has 0 bridgehead atoms. The molecule has 12 unspecified atom stereocenters. The van der Waals surface area contributed by atoms with E-state index in [1.165, 1.54) is 25.7 Å². The first kappa shape index (κ1) is 85.5. The van der Waals surface area contributed by atoms with Gasteiger partial charge in [0, 0.05) is 136 Å². The molecular weight excluding hydrogens is 1270 g/mol. The molecule has 29 heteroatoms. The maximum atomic E-state index is 5.69. The van der Waals surface area contributed by atoms with Crippen molar-refractivity contribution in [1.29, 1.82) is 0 Å². The van der Waals surface area contributed by atoms with Crippen LogP contribution < -0.4 is 0 Å². The van der Waals surface area contributed by atoms with Gasteiger partial charge >= 0.3 is 0 Å². The number of ether oxygens (including phenoxy) is 29. The average Bonchev–Trinajstić information content (AvgIpc) is 1.63. The highest BCUT2D eigenvalue weighted by atomic mass is 16.9. The minimum Gasteiger partial charge on any atom is -0.384 e. The van der Waals surface area contributed by atoms with Gasteiger partial charge < -0.3 is 137 Å². The van der Waals surface area contributed by atoms with E-state index in [9.17, 15) is 0 Å². The van der Waals surface area contributed by atoms with E-state index in [4.69, 9.17) is 128 Å². The molecule has 13 saturated heterocycles. The van der Waals surface area contributed by atoms with Crippen molar-refractivity contribution in [3.05, 3.63) is 0 Å². The predicted octanol–water partition coefficient (Wildman–Crippen LogP) is 5.68. The van der Waals surface area contributed by atoms with Crippen LogP contribution in [0.25, 0.3) is 0 Å². The van der Waals surface area contributed by atoms with Crippen LogP contribution in [0.1, 0.15) is 96.8 Å². The van der Waals surface area contributed by atoms with Gasteiger partial charge in [-0.05, 0) is 76.5 Å². The summed E-state index contributed by atoms with van der Waals surface area (Å²) in [6.07, 6.45) is 19.5. The molecule has 15 fully saturated rings. The molecule has 0 amide bonds. The molecule has 13 aliphatic heterocycles. The van der Waals surface area contributed by atoms with E-state index in [1.54, 1.807) is 78.2 Å². The first-order chi connectivity index (χ1) is 47.0. The van der Waals surface area contributed by atoms with Gasteiger partial charge in [0.25, 0.3) is 13.0 Å². The Morgan fingerprint density at radius 3 is 1.33 bits per heavy atom. The number of epoxide rings is 3. The fraction of sp³-hybridized carbons (Fsp3) is 1.00. The fourth-order valence-corrected chi connectivity index (χ4v) is 11.5. The third-order valence-corrected chi connectivity index (χ3v) is 17.8. The second-order valence-corrected chi connectivity index (χ2v) is 25.3. The lowest BCUT2D eigenvalue weighted by Crippen LogP contribution is -2.50. The number of hydrogen-bond donors (Lipinski definition) is 0. The molecule has 15 aliphatic rings. The Kier molecular flexibility index (Phi) is 46.2. The normalized spacial score (nSPS) is 33.3. The van der Waals surface area contributed by atoms with Crippen LogP contribution in [0.2, 0.25) is 0 Å². The average molecular weight is 1400 g/mol. The van der Waals surface area contributed by atoms with Crippen molar-refractivity contribution in [1.82, 2.24) is 0 Å². The van der Waals surface area contributed by atoms with Gasteiger partial charge in [0.2, 0.25) is 0 Å². The molecule has 0 N–H and O–H groups in total. The second kappa shape index (κ2) is 51.9. The van der Waals surface area contributed by atoms with Gasteiger partial charge in [-0.1, -0.05) is 6.92 Å². The molecule has 96 heavy (non-hydrogen) atoms. The van der Waals surface area contributed by atoms with Gasteiger partial charge in [-0.2, -0.15) is 0 Å². The Labute approximate surface area is 572 Å². The van der Waals surface area contributed by atoms with Gasteiger partial charge in [0.15, 0.2) is 18.9 Å². The summed E-state index contributed by atoms with van der Waals surface area (Å²) < 4.78 is 148. The highest BCUT2D eigenvalue weighted by molar-refractivity contribution is 4.92. The lowest BCUT2D eigenvalue weighted by Gasteiger charge is -2.40. The second-order valence-electron chi connectivity index (χ2n) is 25.3. The lowest BCUT2D eigenvalue weighted by molar-refractivity contribution is -0.349. The zero-order chi connectivity index (χ0) is 68.9. The van der Waals surface area contributed by atoms with Crippen molar-refractivity contribution in [2.75, 3.05) is 231 Å². The summed E-state index contributed by atoms with van der Waals surface area (Å²) in [5.74, 6) is 0.772. The van der Waals surface area contributed by atoms with Crippen LogP contribution in [0.15, 0.2) is 0 Å². The van der Waals surface area contributed by atoms with E-state index in [0.717, 1.165) is 176 Å². The van der Waals surface area contributed by atoms with E-state index in [0.29, 0.717) is 107 Å². The monoisotopic (exact) mass is 1390 g/mol. The van der Waals surface area contributed by atoms with Crippen molar-refractivity contribution in [2.45, 2.75) is 190 Å². The van der Waals surface area contributed by atoms with Crippen LogP contribution in [0.3, 0.4) is 0 Å². The van der Waals surface area contributed by atoms with Crippen LogP contribution in [-0.2, 0) is 137 Å². The molecule has 13 heterocycles. The number of rotatable bonds is 15. The summed E-state index contributed by atoms with van der Waals surface area (Å²) >= 11 is 0. The van der Waals surface area contributed by atoms with Gasteiger partial charge in [-0.15, -0.1) is 0 Å². The molecule has 2 aliphatic carbocycles. The Hall–Kier alpha value is -1.16. The maximum Gasteiger partial charge on any atom is 0.271 e. The lowest BCUT2D eigenvalue weighted by atomic mass is 9.84. The Bertz CT molecular complexity index is 1730. The Balaban J connectivity index is 0.000000193. The van der Waals surface area contributed by atoms with Crippen LogP contribution in [0, 0.1) is 16.7 Å². The van der Waals surface area contributed by atoms with E-state index in [2.05, 4.69) is 16.4 Å². The summed E-state index contributed by atoms with van der Waals surface area (Å²) in [5.41, 5.74) is 0.238. The van der Waals surface area contributed by atoms with Crippen molar-refractivity contribution in [3.63, 3.8) is 0 Å². The molecule has 29 nitrogen and oxygen atoms in total. The largest absolute Gasteiger partial charge is 0.384 e. The van der Waals surface area contributed by atoms with E-state index >= 15 is 0 Å². The predicted molar refractivity (Wildman–Crippen MR) is 344 cm³/mol. The quantitative estimate of drug-likeness (QED) is 0.178. The summed E-state index contributed by atoms with van der Waals surface area (Å²) in [6.45, 7) is 18.2. The molecule has 568 valence electrons. The molecular formula is C67H126O29. The standard InChI is InChI=1S/C9H16O3.C8H14O5.C8H14O3.C8H14O2.C7H14O2.C6H12O2.C5H10O3.C5H10O2.C4H8O3.C4H8O2.C3H6O2/c1-10-9-5-4-7-8(12-9)3-2-6-11-7;1-9-7-12-4-8(5-13-7)2-10-6-11-3-8;1-9-6-4-7-8(5-6)11-3-2-10-7;1-9-5-6-2-3-7-8(4-6)10-7;1-3-7(4-8-2)5-9-6-7;1-7-6-2-4-8-5-3-6;1-6-5-7-3-2-4-8-5;1-6-5-2-3-7-4-5;1-5-4-2-6-3-7-4;1-5-2-4-3-6-4;1-4-3-2-5-3/h7-9H,2-6H2,1H3;7H,2-6H2,1H3;6-8H,2-5H2,1H3;6-8H,2-5H2,1H3;3-6H2,1-2H3;6H,2-5H2,1H3;5H,2-4H2,1H3;5H,2-4H2,1H3;4H,2-3H2,1H3;4H,2-3H2,1H3;3H,2H2,1H3. The molecule has 15 rings (SSSR count). The minimum atomic E-state index is -0.535. The third kappa shape index (κ3) is 35.8. The van der Waals surface area contributed by atoms with Crippen molar-refractivity contribution in [2.24, 2.45) is 16.7 Å². The summed E-state index contributed by atoms with van der Waals surface area (Å²) in [5, 5.41) is 0. The zero-order valence-electron chi connectivity index (χ0n) is 60.2. The molecule has 0 radical (unpaired) electrons. The highest BCUT2D eigenvalue weighted by Crippen LogP contribution is 2.39. The van der Waals surface area contributed by atoms with Gasteiger partial charge in [0.1, 0.15) is 32.9 Å². The summed E-state index contributed by atoms with van der Waals surface area (Å²) in [4.78, 5) is 0. The van der Waals surface area contributed by atoms with Crippen molar-refractivity contribution in [3.8, 4) is 0 Å². The number of hydrogen-bond acceptors (Lipinski definition) is 29. The molecule has 0 aromatic rings. The maximum absolute atomic E-state index is 5.69. The number of fused-ring (bicyclic) bond motifs is 3. The van der Waals surface area contributed by atoms with Crippen molar-refractivity contribution >= 4 is 0 Å². The SMILES string of the molecule is CCC1(COC)COC1.COC1CC2OCCOC2C1.COC1CCC2OCCCC2O1.COC1CCOC1.COC1CCOCC1.COC1CO1.COC1COCO1.COC1OCC2(COCOC2)CO1.COC1OCCCO1.COCC1CCC2OC2C1.COCC1CO1. The van der Waals surface area contributed by atoms with Crippen LogP contribution in [0.5, 0.6) is 0 Å². The summed E-state index contributed by atoms with van der Waals surface area (Å²) in [6, 6.07) is 0.